The summed E-state index contributed by atoms with van der Waals surface area (Å²) in [5.74, 6) is 1.41. The van der Waals surface area contributed by atoms with Gasteiger partial charge in [0.15, 0.2) is 5.96 Å². The van der Waals surface area contributed by atoms with E-state index in [2.05, 4.69) is 52.0 Å². The maximum absolute atomic E-state index is 4.64. The minimum atomic E-state index is 0.494. The molecule has 1 aliphatic carbocycles. The van der Waals surface area contributed by atoms with Gasteiger partial charge in [-0.2, -0.15) is 0 Å². The minimum Gasteiger partial charge on any atom is -0.356 e. The molecule has 0 bridgehead atoms. The highest BCUT2D eigenvalue weighted by atomic mass is 32.1. The maximum Gasteiger partial charge on any atom is 0.191 e. The van der Waals surface area contributed by atoms with E-state index in [-0.39, 0.29) is 0 Å². The van der Waals surface area contributed by atoms with Gasteiger partial charge in [0.25, 0.3) is 0 Å². The zero-order chi connectivity index (χ0) is 14.4. The molecule has 0 amide bonds. The van der Waals surface area contributed by atoms with Crippen LogP contribution >= 0.6 is 11.3 Å². The summed E-state index contributed by atoms with van der Waals surface area (Å²) in [6, 6.07) is 0.494. The first-order chi connectivity index (χ1) is 9.69. The van der Waals surface area contributed by atoms with Gasteiger partial charge in [-0.3, -0.25) is 4.99 Å². The summed E-state index contributed by atoms with van der Waals surface area (Å²) in [6.07, 6.45) is 7.54. The minimum absolute atomic E-state index is 0.494. The Balaban J connectivity index is 1.73. The SMILES string of the molecule is CN=C(NCCc1csc(C(C)C)n1)NC1CC=CC1. The van der Waals surface area contributed by atoms with Gasteiger partial charge in [-0.15, -0.1) is 11.3 Å². The zero-order valence-corrected chi connectivity index (χ0v) is 13.3. The number of aromatic nitrogens is 1. The Labute approximate surface area is 125 Å². The molecular weight excluding hydrogens is 268 g/mol. The summed E-state index contributed by atoms with van der Waals surface area (Å²) >= 11 is 1.76. The van der Waals surface area contributed by atoms with E-state index >= 15 is 0 Å². The Morgan fingerprint density at radius 1 is 1.45 bits per heavy atom. The van der Waals surface area contributed by atoms with Crippen LogP contribution in [0.1, 0.15) is 43.3 Å². The molecule has 5 heteroatoms. The van der Waals surface area contributed by atoms with Crippen LogP contribution in [0.15, 0.2) is 22.5 Å². The summed E-state index contributed by atoms with van der Waals surface area (Å²) in [7, 11) is 1.82. The van der Waals surface area contributed by atoms with Crippen molar-refractivity contribution in [1.82, 2.24) is 15.6 Å². The van der Waals surface area contributed by atoms with Crippen molar-refractivity contribution in [3.63, 3.8) is 0 Å². The predicted octanol–water partition coefficient (Wildman–Crippen LogP) is 2.69. The first-order valence-electron chi connectivity index (χ1n) is 7.25. The number of nitrogens with one attached hydrogen (secondary N) is 2. The highest BCUT2D eigenvalue weighted by molar-refractivity contribution is 7.09. The van der Waals surface area contributed by atoms with E-state index in [0.29, 0.717) is 12.0 Å². The van der Waals surface area contributed by atoms with Crippen LogP contribution in [0.25, 0.3) is 0 Å². The zero-order valence-electron chi connectivity index (χ0n) is 12.5. The van der Waals surface area contributed by atoms with Crippen LogP contribution in [-0.4, -0.2) is 30.6 Å². The van der Waals surface area contributed by atoms with E-state index in [0.717, 1.165) is 31.8 Å². The summed E-state index contributed by atoms with van der Waals surface area (Å²) in [4.78, 5) is 8.91. The summed E-state index contributed by atoms with van der Waals surface area (Å²) < 4.78 is 0. The second kappa shape index (κ2) is 7.43. The fraction of sp³-hybridized carbons (Fsp3) is 0.600. The van der Waals surface area contributed by atoms with Gasteiger partial charge in [0.2, 0.25) is 0 Å². The molecule has 0 atom stereocenters. The molecule has 2 N–H and O–H groups in total. The topological polar surface area (TPSA) is 49.3 Å². The fourth-order valence-corrected chi connectivity index (χ4v) is 3.00. The van der Waals surface area contributed by atoms with E-state index in [9.17, 15) is 0 Å². The molecule has 1 aliphatic rings. The van der Waals surface area contributed by atoms with Gasteiger partial charge in [0.1, 0.15) is 0 Å². The molecule has 4 nitrogen and oxygen atoms in total. The molecule has 1 heterocycles. The lowest BCUT2D eigenvalue weighted by atomic mass is 10.2. The van der Waals surface area contributed by atoms with Gasteiger partial charge in [0, 0.05) is 37.4 Å². The van der Waals surface area contributed by atoms with Crippen molar-refractivity contribution in [2.75, 3.05) is 13.6 Å². The van der Waals surface area contributed by atoms with Crippen molar-refractivity contribution in [1.29, 1.82) is 0 Å². The van der Waals surface area contributed by atoms with Crippen molar-refractivity contribution in [2.45, 2.75) is 45.1 Å². The molecule has 0 unspecified atom stereocenters. The van der Waals surface area contributed by atoms with Gasteiger partial charge in [-0.05, 0) is 12.8 Å². The monoisotopic (exact) mass is 292 g/mol. The van der Waals surface area contributed by atoms with E-state index < -0.39 is 0 Å². The van der Waals surface area contributed by atoms with Crippen LogP contribution in [0.5, 0.6) is 0 Å². The molecule has 20 heavy (non-hydrogen) atoms. The standard InChI is InChI=1S/C15H24N4S/c1-11(2)14-18-13(10-20-14)8-9-17-15(16-3)19-12-6-4-5-7-12/h4-5,10-12H,6-9H2,1-3H3,(H2,16,17,19). The number of hydrogen-bond donors (Lipinski definition) is 2. The lowest BCUT2D eigenvalue weighted by Crippen LogP contribution is -2.43. The van der Waals surface area contributed by atoms with Crippen LogP contribution in [0, 0.1) is 0 Å². The number of nitrogens with zero attached hydrogens (tertiary/aromatic N) is 2. The Morgan fingerprint density at radius 2 is 2.20 bits per heavy atom. The molecular formula is C15H24N4S. The van der Waals surface area contributed by atoms with Crippen LogP contribution in [0.2, 0.25) is 0 Å². The molecule has 1 aromatic rings. The smallest absolute Gasteiger partial charge is 0.191 e. The van der Waals surface area contributed by atoms with Crippen LogP contribution in [0.4, 0.5) is 0 Å². The maximum atomic E-state index is 4.64. The Morgan fingerprint density at radius 3 is 2.80 bits per heavy atom. The first-order valence-corrected chi connectivity index (χ1v) is 8.13. The van der Waals surface area contributed by atoms with Gasteiger partial charge in [0.05, 0.1) is 10.7 Å². The summed E-state index contributed by atoms with van der Waals surface area (Å²) in [5.41, 5.74) is 1.17. The molecule has 0 aromatic carbocycles. The van der Waals surface area contributed by atoms with E-state index in [1.807, 2.05) is 7.05 Å². The molecule has 0 spiro atoms. The molecule has 0 fully saturated rings. The van der Waals surface area contributed by atoms with E-state index in [1.54, 1.807) is 11.3 Å². The van der Waals surface area contributed by atoms with Gasteiger partial charge < -0.3 is 10.6 Å². The van der Waals surface area contributed by atoms with E-state index in [4.69, 9.17) is 0 Å². The Hall–Kier alpha value is -1.36. The van der Waals surface area contributed by atoms with Crippen LogP contribution in [-0.2, 0) is 6.42 Å². The van der Waals surface area contributed by atoms with Crippen LogP contribution < -0.4 is 10.6 Å². The number of aliphatic imine (C=N–C) groups is 1. The fourth-order valence-electron chi connectivity index (χ4n) is 2.13. The molecule has 1 aromatic heterocycles. The van der Waals surface area contributed by atoms with Crippen LogP contribution in [0.3, 0.4) is 0 Å². The molecule has 0 aliphatic heterocycles. The molecule has 0 radical (unpaired) electrons. The predicted molar refractivity (Wildman–Crippen MR) is 86.6 cm³/mol. The summed E-state index contributed by atoms with van der Waals surface area (Å²) in [5, 5.41) is 10.2. The van der Waals surface area contributed by atoms with Gasteiger partial charge in [-0.25, -0.2) is 4.98 Å². The average molecular weight is 292 g/mol. The van der Waals surface area contributed by atoms with Crippen molar-refractivity contribution < 1.29 is 0 Å². The normalized spacial score (nSPS) is 16.1. The lowest BCUT2D eigenvalue weighted by Gasteiger charge is -2.16. The molecule has 0 saturated carbocycles. The Bertz CT molecular complexity index is 468. The highest BCUT2D eigenvalue weighted by Crippen LogP contribution is 2.19. The molecule has 0 saturated heterocycles. The highest BCUT2D eigenvalue weighted by Gasteiger charge is 2.11. The third kappa shape index (κ3) is 4.34. The van der Waals surface area contributed by atoms with Crippen molar-refractivity contribution in [2.24, 2.45) is 4.99 Å². The number of thiazole rings is 1. The largest absolute Gasteiger partial charge is 0.356 e. The molecule has 110 valence electrons. The summed E-state index contributed by atoms with van der Waals surface area (Å²) in [6.45, 7) is 5.23. The third-order valence-electron chi connectivity index (χ3n) is 3.31. The van der Waals surface area contributed by atoms with Crippen molar-refractivity contribution in [3.05, 3.63) is 28.2 Å². The Kier molecular flexibility index (Phi) is 5.59. The van der Waals surface area contributed by atoms with E-state index in [1.165, 1.54) is 10.7 Å². The number of guanidine groups is 1. The van der Waals surface area contributed by atoms with Crippen molar-refractivity contribution >= 4 is 17.3 Å². The second-order valence-corrected chi connectivity index (χ2v) is 6.25. The number of rotatable bonds is 5. The quantitative estimate of drug-likeness (QED) is 0.498. The van der Waals surface area contributed by atoms with Crippen molar-refractivity contribution in [3.8, 4) is 0 Å². The third-order valence-corrected chi connectivity index (χ3v) is 4.50. The van der Waals surface area contributed by atoms with Gasteiger partial charge in [-0.1, -0.05) is 26.0 Å². The lowest BCUT2D eigenvalue weighted by molar-refractivity contribution is 0.632. The van der Waals surface area contributed by atoms with Gasteiger partial charge >= 0.3 is 0 Å². The number of hydrogen-bond acceptors (Lipinski definition) is 3. The first kappa shape index (κ1) is 15.0. The second-order valence-electron chi connectivity index (χ2n) is 5.36. The molecule has 2 rings (SSSR count). The average Bonchev–Trinajstić information content (AvgIpc) is 3.08.